The van der Waals surface area contributed by atoms with Crippen LogP contribution in [-0.2, 0) is 20.9 Å². The smallest absolute Gasteiger partial charge is 0.356 e. The van der Waals surface area contributed by atoms with E-state index >= 15 is 0 Å². The number of nitrogens with zero attached hydrogens (tertiary/aromatic N) is 1. The number of nitrogen functional groups attached to an aromatic ring is 1. The number of methoxy groups -OCH3 is 1. The molecule has 4 N–H and O–H groups in total. The minimum absolute atomic E-state index is 0.0163. The number of carbonyl (C=O) groups excluding carboxylic acids is 2. The molecule has 1 atom stereocenters. The van der Waals surface area contributed by atoms with Crippen molar-refractivity contribution >= 4 is 17.7 Å². The Balaban J connectivity index is 1.84. The molecule has 1 aromatic carbocycles. The lowest BCUT2D eigenvalue weighted by Gasteiger charge is -2.34. The van der Waals surface area contributed by atoms with E-state index in [2.05, 4.69) is 5.32 Å². The summed E-state index contributed by atoms with van der Waals surface area (Å²) in [6.45, 7) is 0.493. The van der Waals surface area contributed by atoms with Crippen LogP contribution in [0.25, 0.3) is 0 Å². The minimum atomic E-state index is -0.561. The van der Waals surface area contributed by atoms with Gasteiger partial charge >= 0.3 is 5.97 Å². The van der Waals surface area contributed by atoms with E-state index in [4.69, 9.17) is 15.9 Å². The summed E-state index contributed by atoms with van der Waals surface area (Å²) in [5, 5.41) is 10.1. The van der Waals surface area contributed by atoms with Gasteiger partial charge in [-0.1, -0.05) is 24.3 Å². The molecule has 1 unspecified atom stereocenters. The molecule has 7 nitrogen and oxygen atoms in total. The van der Waals surface area contributed by atoms with E-state index in [0.29, 0.717) is 18.0 Å². The quantitative estimate of drug-likeness (QED) is 0.419. The van der Waals surface area contributed by atoms with E-state index in [1.807, 2.05) is 17.0 Å². The standard InChI is InChI=1S/C17H20N4O3/c1-24-17(23)13-9-21(14(11-6-7-11)16(22)20-13)8-10-2-4-12(5-3-10)15(18)19/h2-5,9,11,14H,6-8H2,1H3,(H3,18,19)(H,20,22). The lowest BCUT2D eigenvalue weighted by molar-refractivity contribution is -0.139. The third-order valence-corrected chi connectivity index (χ3v) is 4.28. The van der Waals surface area contributed by atoms with Gasteiger partial charge in [-0.15, -0.1) is 0 Å². The van der Waals surface area contributed by atoms with E-state index in [9.17, 15) is 9.59 Å². The van der Waals surface area contributed by atoms with Crippen LogP contribution in [0.15, 0.2) is 36.2 Å². The molecule has 7 heteroatoms. The van der Waals surface area contributed by atoms with Crippen molar-refractivity contribution in [2.45, 2.75) is 25.4 Å². The summed E-state index contributed by atoms with van der Waals surface area (Å²) in [5.41, 5.74) is 7.24. The molecular weight excluding hydrogens is 308 g/mol. The van der Waals surface area contributed by atoms with Gasteiger partial charge in [0.25, 0.3) is 0 Å². The maximum Gasteiger partial charge on any atom is 0.356 e. The fourth-order valence-corrected chi connectivity index (χ4v) is 2.89. The fraction of sp³-hybridized carbons (Fsp3) is 0.353. The van der Waals surface area contributed by atoms with Gasteiger partial charge in [0.2, 0.25) is 5.91 Å². The van der Waals surface area contributed by atoms with Crippen LogP contribution in [0, 0.1) is 11.3 Å². The van der Waals surface area contributed by atoms with Gasteiger partial charge in [0, 0.05) is 18.3 Å². The maximum absolute atomic E-state index is 12.4. The van der Waals surface area contributed by atoms with Crippen LogP contribution in [0.1, 0.15) is 24.0 Å². The summed E-state index contributed by atoms with van der Waals surface area (Å²) in [4.78, 5) is 26.1. The van der Waals surface area contributed by atoms with Crippen molar-refractivity contribution in [2.75, 3.05) is 7.11 Å². The van der Waals surface area contributed by atoms with Gasteiger partial charge in [-0.05, 0) is 24.3 Å². The van der Waals surface area contributed by atoms with E-state index in [1.165, 1.54) is 7.11 Å². The highest BCUT2D eigenvalue weighted by atomic mass is 16.5. The van der Waals surface area contributed by atoms with Crippen LogP contribution in [0.3, 0.4) is 0 Å². The molecule has 1 aromatic rings. The van der Waals surface area contributed by atoms with Crippen LogP contribution in [0.2, 0.25) is 0 Å². The number of amides is 1. The molecule has 1 fully saturated rings. The monoisotopic (exact) mass is 328 g/mol. The summed E-state index contributed by atoms with van der Waals surface area (Å²) in [7, 11) is 1.28. The third kappa shape index (κ3) is 3.24. The lowest BCUT2D eigenvalue weighted by atomic mass is 10.1. The first kappa shape index (κ1) is 16.0. The normalized spacial score (nSPS) is 20.2. The Morgan fingerprint density at radius 2 is 2.04 bits per heavy atom. The highest BCUT2D eigenvalue weighted by Gasteiger charge is 2.42. The molecule has 1 aliphatic heterocycles. The van der Waals surface area contributed by atoms with Crippen LogP contribution < -0.4 is 11.1 Å². The summed E-state index contributed by atoms with van der Waals surface area (Å²) >= 11 is 0. The molecule has 0 radical (unpaired) electrons. The Hall–Kier alpha value is -2.83. The average Bonchev–Trinajstić information content (AvgIpc) is 3.39. The van der Waals surface area contributed by atoms with Gasteiger partial charge in [-0.2, -0.15) is 0 Å². The molecule has 1 heterocycles. The highest BCUT2D eigenvalue weighted by Crippen LogP contribution is 2.37. The van der Waals surface area contributed by atoms with E-state index in [-0.39, 0.29) is 23.5 Å². The number of rotatable bonds is 5. The molecule has 1 saturated carbocycles. The minimum Gasteiger partial charge on any atom is -0.464 e. The van der Waals surface area contributed by atoms with Gasteiger partial charge < -0.3 is 20.7 Å². The van der Waals surface area contributed by atoms with Crippen LogP contribution in [0.5, 0.6) is 0 Å². The van der Waals surface area contributed by atoms with Gasteiger partial charge in [0.05, 0.1) is 7.11 Å². The zero-order valence-electron chi connectivity index (χ0n) is 13.4. The fourth-order valence-electron chi connectivity index (χ4n) is 2.89. The molecule has 3 rings (SSSR count). The van der Waals surface area contributed by atoms with Gasteiger partial charge in [-0.3, -0.25) is 10.2 Å². The summed E-state index contributed by atoms with van der Waals surface area (Å²) in [6, 6.07) is 7.03. The third-order valence-electron chi connectivity index (χ3n) is 4.28. The van der Waals surface area contributed by atoms with Gasteiger partial charge in [-0.25, -0.2) is 4.79 Å². The SMILES string of the molecule is COC(=O)C1=CN(Cc2ccc(C(=N)N)cc2)C(C2CC2)C(=O)N1. The largest absolute Gasteiger partial charge is 0.464 e. The van der Waals surface area contributed by atoms with Crippen molar-refractivity contribution in [1.29, 1.82) is 5.41 Å². The Kier molecular flexibility index (Phi) is 4.24. The molecule has 0 aromatic heterocycles. The maximum atomic E-state index is 12.4. The van der Waals surface area contributed by atoms with Crippen LogP contribution >= 0.6 is 0 Å². The van der Waals surface area contributed by atoms with Crippen molar-refractivity contribution < 1.29 is 14.3 Å². The van der Waals surface area contributed by atoms with E-state index < -0.39 is 5.97 Å². The molecule has 1 aliphatic carbocycles. The Labute approximate surface area is 140 Å². The van der Waals surface area contributed by atoms with Crippen molar-refractivity contribution in [3.05, 3.63) is 47.3 Å². The number of hydrogen-bond acceptors (Lipinski definition) is 5. The number of benzene rings is 1. The van der Waals surface area contributed by atoms with E-state index in [1.54, 1.807) is 18.3 Å². The number of nitrogens with one attached hydrogen (secondary N) is 2. The second-order valence-electron chi connectivity index (χ2n) is 6.09. The van der Waals surface area contributed by atoms with Crippen LogP contribution in [-0.4, -0.2) is 35.8 Å². The first-order chi connectivity index (χ1) is 11.5. The lowest BCUT2D eigenvalue weighted by Crippen LogP contribution is -2.51. The zero-order chi connectivity index (χ0) is 17.3. The molecule has 24 heavy (non-hydrogen) atoms. The summed E-state index contributed by atoms with van der Waals surface area (Å²) in [6.07, 6.45) is 3.69. The van der Waals surface area contributed by atoms with Gasteiger partial charge in [0.15, 0.2) is 0 Å². The predicted molar refractivity (Wildman–Crippen MR) is 87.8 cm³/mol. The first-order valence-electron chi connectivity index (χ1n) is 7.79. The first-order valence-corrected chi connectivity index (χ1v) is 7.79. The number of esters is 1. The molecule has 0 saturated heterocycles. The Morgan fingerprint density at radius 3 is 2.58 bits per heavy atom. The molecular formula is C17H20N4O3. The molecule has 2 aliphatic rings. The van der Waals surface area contributed by atoms with Crippen molar-refractivity contribution in [2.24, 2.45) is 11.7 Å². The number of carbonyl (C=O) groups is 2. The van der Waals surface area contributed by atoms with Crippen LogP contribution in [0.4, 0.5) is 0 Å². The predicted octanol–water partition coefficient (Wildman–Crippen LogP) is 0.695. The number of amidine groups is 1. The summed E-state index contributed by atoms with van der Waals surface area (Å²) < 4.78 is 4.70. The number of hydrogen-bond donors (Lipinski definition) is 3. The van der Waals surface area contributed by atoms with Crippen molar-refractivity contribution in [3.8, 4) is 0 Å². The van der Waals surface area contributed by atoms with E-state index in [0.717, 1.165) is 18.4 Å². The Morgan fingerprint density at radius 1 is 1.38 bits per heavy atom. The molecule has 126 valence electrons. The second kappa shape index (κ2) is 6.35. The number of nitrogens with two attached hydrogens (primary N) is 1. The van der Waals surface area contributed by atoms with Gasteiger partial charge in [0.1, 0.15) is 17.6 Å². The molecule has 0 bridgehead atoms. The Bertz CT molecular complexity index is 707. The van der Waals surface area contributed by atoms with Crippen molar-refractivity contribution in [3.63, 3.8) is 0 Å². The number of ether oxygens (including phenoxy) is 1. The second-order valence-corrected chi connectivity index (χ2v) is 6.09. The average molecular weight is 328 g/mol. The molecule has 0 spiro atoms. The van der Waals surface area contributed by atoms with Crippen molar-refractivity contribution in [1.82, 2.24) is 10.2 Å². The summed E-state index contributed by atoms with van der Waals surface area (Å²) in [5.74, 6) is -0.394. The highest BCUT2D eigenvalue weighted by molar-refractivity contribution is 5.97. The zero-order valence-corrected chi connectivity index (χ0v) is 13.4. The topological polar surface area (TPSA) is 109 Å². The molecule has 1 amide bonds.